The molecule has 6 nitrogen and oxygen atoms in total. The van der Waals surface area contributed by atoms with Crippen LogP contribution in [0.15, 0.2) is 6.33 Å². The maximum atomic E-state index is 10.8. The Labute approximate surface area is 107 Å². The Morgan fingerprint density at radius 3 is 3.17 bits per heavy atom. The Morgan fingerprint density at radius 2 is 2.44 bits per heavy atom. The number of aryl methyl sites for hydroxylation is 1. The highest BCUT2D eigenvalue weighted by atomic mass is 16.4. The standard InChI is InChI=1S/C12H20N4O2/c1-2-5-16-11(13-9-14-16)8-15-6-3-4-10(15)7-12(17)18/h9-10H,2-8H2,1H3,(H,17,18). The molecule has 0 aliphatic carbocycles. The summed E-state index contributed by atoms with van der Waals surface area (Å²) in [7, 11) is 0. The first-order valence-electron chi connectivity index (χ1n) is 6.53. The van der Waals surface area contributed by atoms with Crippen molar-refractivity contribution in [2.24, 2.45) is 0 Å². The fourth-order valence-electron chi connectivity index (χ4n) is 2.53. The van der Waals surface area contributed by atoms with Crippen LogP contribution in [-0.2, 0) is 17.9 Å². The van der Waals surface area contributed by atoms with Gasteiger partial charge in [0.15, 0.2) is 0 Å². The van der Waals surface area contributed by atoms with Crippen molar-refractivity contribution in [1.29, 1.82) is 0 Å². The van der Waals surface area contributed by atoms with Gasteiger partial charge in [-0.2, -0.15) is 5.10 Å². The van der Waals surface area contributed by atoms with E-state index < -0.39 is 5.97 Å². The maximum Gasteiger partial charge on any atom is 0.304 e. The average molecular weight is 252 g/mol. The van der Waals surface area contributed by atoms with Gasteiger partial charge in [0.05, 0.1) is 13.0 Å². The first-order valence-corrected chi connectivity index (χ1v) is 6.53. The zero-order valence-electron chi connectivity index (χ0n) is 10.7. The van der Waals surface area contributed by atoms with E-state index >= 15 is 0 Å². The van der Waals surface area contributed by atoms with Gasteiger partial charge in [0, 0.05) is 12.6 Å². The fraction of sp³-hybridized carbons (Fsp3) is 0.750. The predicted molar refractivity (Wildman–Crippen MR) is 66.0 cm³/mol. The molecule has 2 rings (SSSR count). The normalized spacial score (nSPS) is 20.4. The lowest BCUT2D eigenvalue weighted by molar-refractivity contribution is -0.138. The summed E-state index contributed by atoms with van der Waals surface area (Å²) in [6.45, 7) is 4.64. The summed E-state index contributed by atoms with van der Waals surface area (Å²) in [5.74, 6) is 0.219. The van der Waals surface area contributed by atoms with E-state index in [0.29, 0.717) is 6.54 Å². The number of hydrogen-bond acceptors (Lipinski definition) is 4. The van der Waals surface area contributed by atoms with Crippen molar-refractivity contribution < 1.29 is 9.90 Å². The van der Waals surface area contributed by atoms with Crippen LogP contribution in [0.2, 0.25) is 0 Å². The second-order valence-corrected chi connectivity index (χ2v) is 4.76. The van der Waals surface area contributed by atoms with Gasteiger partial charge in [-0.05, 0) is 25.8 Å². The van der Waals surface area contributed by atoms with Crippen molar-refractivity contribution in [3.63, 3.8) is 0 Å². The lowest BCUT2D eigenvalue weighted by Gasteiger charge is -2.22. The first-order chi connectivity index (χ1) is 8.70. The summed E-state index contributed by atoms with van der Waals surface area (Å²) in [5.41, 5.74) is 0. The van der Waals surface area contributed by atoms with Crippen LogP contribution in [0.4, 0.5) is 0 Å². The SMILES string of the molecule is CCCn1ncnc1CN1CCCC1CC(=O)O. The molecule has 18 heavy (non-hydrogen) atoms. The van der Waals surface area contributed by atoms with Crippen molar-refractivity contribution in [1.82, 2.24) is 19.7 Å². The quantitative estimate of drug-likeness (QED) is 0.821. The maximum absolute atomic E-state index is 10.8. The van der Waals surface area contributed by atoms with Gasteiger partial charge in [-0.1, -0.05) is 6.92 Å². The minimum absolute atomic E-state index is 0.147. The molecule has 0 bridgehead atoms. The Balaban J connectivity index is 1.99. The molecular weight excluding hydrogens is 232 g/mol. The molecule has 6 heteroatoms. The Morgan fingerprint density at radius 1 is 1.61 bits per heavy atom. The number of carbonyl (C=O) groups is 1. The number of carboxylic acids is 1. The molecule has 1 aromatic rings. The molecule has 0 saturated carbocycles. The molecule has 100 valence electrons. The molecule has 1 N–H and O–H groups in total. The molecule has 1 fully saturated rings. The van der Waals surface area contributed by atoms with Crippen LogP contribution >= 0.6 is 0 Å². The lowest BCUT2D eigenvalue weighted by atomic mass is 10.1. The molecule has 1 saturated heterocycles. The van der Waals surface area contributed by atoms with Gasteiger partial charge in [0.25, 0.3) is 0 Å². The molecule has 1 aliphatic rings. The molecule has 1 aromatic heterocycles. The number of aliphatic carboxylic acids is 1. The Kier molecular flexibility index (Phi) is 4.30. The summed E-state index contributed by atoms with van der Waals surface area (Å²) in [6, 6.07) is 0.147. The summed E-state index contributed by atoms with van der Waals surface area (Å²) < 4.78 is 1.91. The second kappa shape index (κ2) is 5.95. The lowest BCUT2D eigenvalue weighted by Crippen LogP contribution is -2.32. The summed E-state index contributed by atoms with van der Waals surface area (Å²) >= 11 is 0. The smallest absolute Gasteiger partial charge is 0.304 e. The van der Waals surface area contributed by atoms with Crippen LogP contribution < -0.4 is 0 Å². The third-order valence-corrected chi connectivity index (χ3v) is 3.38. The van der Waals surface area contributed by atoms with E-state index in [-0.39, 0.29) is 12.5 Å². The van der Waals surface area contributed by atoms with Gasteiger partial charge < -0.3 is 5.11 Å². The first kappa shape index (κ1) is 13.0. The number of hydrogen-bond donors (Lipinski definition) is 1. The third-order valence-electron chi connectivity index (χ3n) is 3.38. The topological polar surface area (TPSA) is 71.2 Å². The summed E-state index contributed by atoms with van der Waals surface area (Å²) in [6.07, 6.45) is 4.86. The Bertz CT molecular complexity index is 405. The van der Waals surface area contributed by atoms with Crippen molar-refractivity contribution in [2.75, 3.05) is 6.54 Å². The van der Waals surface area contributed by atoms with Crippen LogP contribution in [-0.4, -0.2) is 43.3 Å². The minimum Gasteiger partial charge on any atom is -0.481 e. The van der Waals surface area contributed by atoms with Gasteiger partial charge >= 0.3 is 5.97 Å². The predicted octanol–water partition coefficient (Wildman–Crippen LogP) is 1.13. The van der Waals surface area contributed by atoms with E-state index in [1.165, 1.54) is 0 Å². The van der Waals surface area contributed by atoms with Crippen molar-refractivity contribution in [3.8, 4) is 0 Å². The van der Waals surface area contributed by atoms with Crippen molar-refractivity contribution >= 4 is 5.97 Å². The largest absolute Gasteiger partial charge is 0.481 e. The van der Waals surface area contributed by atoms with Gasteiger partial charge in [0.1, 0.15) is 12.2 Å². The van der Waals surface area contributed by atoms with Gasteiger partial charge in [0.2, 0.25) is 0 Å². The molecule has 2 heterocycles. The van der Waals surface area contributed by atoms with Crippen molar-refractivity contribution in [2.45, 2.75) is 51.7 Å². The van der Waals surface area contributed by atoms with E-state index in [1.54, 1.807) is 6.33 Å². The van der Waals surface area contributed by atoms with Gasteiger partial charge in [-0.25, -0.2) is 9.67 Å². The number of rotatable bonds is 6. The molecule has 1 unspecified atom stereocenters. The molecule has 0 spiro atoms. The van der Waals surface area contributed by atoms with Crippen molar-refractivity contribution in [3.05, 3.63) is 12.2 Å². The zero-order valence-corrected chi connectivity index (χ0v) is 10.7. The Hall–Kier alpha value is -1.43. The van der Waals surface area contributed by atoms with Crippen LogP contribution in [0.1, 0.15) is 38.4 Å². The average Bonchev–Trinajstić information content (AvgIpc) is 2.91. The summed E-state index contributed by atoms with van der Waals surface area (Å²) in [4.78, 5) is 17.3. The van der Waals surface area contributed by atoms with Crippen LogP contribution in [0.5, 0.6) is 0 Å². The summed E-state index contributed by atoms with van der Waals surface area (Å²) in [5, 5.41) is 13.1. The monoisotopic (exact) mass is 252 g/mol. The highest BCUT2D eigenvalue weighted by Gasteiger charge is 2.27. The van der Waals surface area contributed by atoms with Crippen LogP contribution in [0.3, 0.4) is 0 Å². The second-order valence-electron chi connectivity index (χ2n) is 4.76. The number of nitrogens with zero attached hydrogens (tertiary/aromatic N) is 4. The number of carboxylic acid groups (broad SMARTS) is 1. The van der Waals surface area contributed by atoms with E-state index in [4.69, 9.17) is 5.11 Å². The van der Waals surface area contributed by atoms with E-state index in [9.17, 15) is 4.79 Å². The van der Waals surface area contributed by atoms with Crippen LogP contribution in [0.25, 0.3) is 0 Å². The van der Waals surface area contributed by atoms with Gasteiger partial charge in [-0.3, -0.25) is 9.69 Å². The highest BCUT2D eigenvalue weighted by molar-refractivity contribution is 5.67. The number of aromatic nitrogens is 3. The van der Waals surface area contributed by atoms with Gasteiger partial charge in [-0.15, -0.1) is 0 Å². The molecular formula is C12H20N4O2. The molecule has 0 radical (unpaired) electrons. The molecule has 1 aliphatic heterocycles. The minimum atomic E-state index is -0.720. The van der Waals surface area contributed by atoms with E-state index in [1.807, 2.05) is 4.68 Å². The number of likely N-dealkylation sites (tertiary alicyclic amines) is 1. The van der Waals surface area contributed by atoms with E-state index in [0.717, 1.165) is 38.2 Å². The molecule has 0 amide bonds. The highest BCUT2D eigenvalue weighted by Crippen LogP contribution is 2.21. The molecule has 1 atom stereocenters. The van der Waals surface area contributed by atoms with E-state index in [2.05, 4.69) is 21.9 Å². The van der Waals surface area contributed by atoms with Crippen LogP contribution in [0, 0.1) is 0 Å². The third kappa shape index (κ3) is 3.07. The molecule has 0 aromatic carbocycles. The zero-order chi connectivity index (χ0) is 13.0. The fourth-order valence-corrected chi connectivity index (χ4v) is 2.53.